The molecule has 1 saturated heterocycles. The molecule has 2 heterocycles. The van der Waals surface area contributed by atoms with Crippen LogP contribution < -0.4 is 4.74 Å². The van der Waals surface area contributed by atoms with Crippen LogP contribution in [0.5, 0.6) is 11.5 Å². The molecule has 1 amide bonds. The van der Waals surface area contributed by atoms with Crippen molar-refractivity contribution in [3.63, 3.8) is 0 Å². The molecule has 5 heteroatoms. The number of carbonyl (C=O) groups is 1. The lowest BCUT2D eigenvalue weighted by Crippen LogP contribution is -2.55. The number of carbonyl (C=O) groups excluding carboxylic acids is 1. The van der Waals surface area contributed by atoms with Gasteiger partial charge in [-0.25, -0.2) is 4.99 Å². The number of para-hydroxylation sites is 1. The summed E-state index contributed by atoms with van der Waals surface area (Å²) >= 11 is 0. The molecule has 0 N–H and O–H groups in total. The molecule has 0 aliphatic carbocycles. The second-order valence-electron chi connectivity index (χ2n) is 7.01. The number of nitrogens with zero attached hydrogens (tertiary/aromatic N) is 3. The molecule has 0 radical (unpaired) electrons. The third-order valence-electron chi connectivity index (χ3n) is 5.02. The Labute approximate surface area is 153 Å². The molecule has 2 aromatic rings. The van der Waals surface area contributed by atoms with Crippen LogP contribution in [-0.4, -0.2) is 47.2 Å². The van der Waals surface area contributed by atoms with Gasteiger partial charge >= 0.3 is 0 Å². The van der Waals surface area contributed by atoms with Gasteiger partial charge < -0.3 is 14.5 Å². The van der Waals surface area contributed by atoms with E-state index in [4.69, 9.17) is 9.73 Å². The van der Waals surface area contributed by atoms with Crippen molar-refractivity contribution in [2.75, 3.05) is 19.6 Å². The molecule has 4 rings (SSSR count). The van der Waals surface area contributed by atoms with E-state index in [2.05, 4.69) is 24.0 Å². The van der Waals surface area contributed by atoms with Gasteiger partial charge in [0.15, 0.2) is 5.75 Å². The molecule has 1 fully saturated rings. The summed E-state index contributed by atoms with van der Waals surface area (Å²) < 4.78 is 6.18. The van der Waals surface area contributed by atoms with Crippen LogP contribution in [0.3, 0.4) is 0 Å². The van der Waals surface area contributed by atoms with Gasteiger partial charge in [0.1, 0.15) is 17.3 Å². The van der Waals surface area contributed by atoms with Crippen molar-refractivity contribution in [3.8, 4) is 11.5 Å². The zero-order chi connectivity index (χ0) is 18.3. The minimum Gasteiger partial charge on any atom is -0.454 e. The van der Waals surface area contributed by atoms with Crippen molar-refractivity contribution in [1.82, 2.24) is 9.80 Å². The Hall–Kier alpha value is -2.82. The van der Waals surface area contributed by atoms with Gasteiger partial charge in [0.25, 0.3) is 0 Å². The summed E-state index contributed by atoms with van der Waals surface area (Å²) in [7, 11) is 0. The molecule has 2 aromatic carbocycles. The van der Waals surface area contributed by atoms with E-state index in [0.717, 1.165) is 47.2 Å². The van der Waals surface area contributed by atoms with Crippen LogP contribution in [0, 0.1) is 6.92 Å². The van der Waals surface area contributed by atoms with E-state index in [-0.39, 0.29) is 11.9 Å². The first kappa shape index (κ1) is 16.6. The second kappa shape index (κ2) is 6.48. The molecule has 5 nitrogen and oxygen atoms in total. The highest BCUT2D eigenvalue weighted by Crippen LogP contribution is 2.38. The van der Waals surface area contributed by atoms with Gasteiger partial charge in [-0.1, -0.05) is 18.2 Å². The lowest BCUT2D eigenvalue weighted by molar-refractivity contribution is -0.132. The van der Waals surface area contributed by atoms with E-state index in [1.807, 2.05) is 42.2 Å². The molecular formula is C21H23N3O2. The maximum Gasteiger partial charge on any atom is 0.219 e. The van der Waals surface area contributed by atoms with Crippen LogP contribution >= 0.6 is 0 Å². The molecule has 26 heavy (non-hydrogen) atoms. The summed E-state index contributed by atoms with van der Waals surface area (Å²) in [4.78, 5) is 21.0. The van der Waals surface area contributed by atoms with E-state index in [1.54, 1.807) is 6.92 Å². The molecule has 0 bridgehead atoms. The lowest BCUT2D eigenvalue weighted by Gasteiger charge is -2.40. The number of hydrogen-bond donors (Lipinski definition) is 0. The first-order valence-electron chi connectivity index (χ1n) is 9.01. The quantitative estimate of drug-likeness (QED) is 0.728. The molecule has 1 atom stereocenters. The van der Waals surface area contributed by atoms with E-state index in [1.165, 1.54) is 0 Å². The number of hydrogen-bond acceptors (Lipinski definition) is 4. The fourth-order valence-corrected chi connectivity index (χ4v) is 3.69. The van der Waals surface area contributed by atoms with Crippen LogP contribution in [0.15, 0.2) is 47.5 Å². The van der Waals surface area contributed by atoms with Gasteiger partial charge in [-0.05, 0) is 43.7 Å². The summed E-state index contributed by atoms with van der Waals surface area (Å²) in [6.45, 7) is 8.00. The Morgan fingerprint density at radius 2 is 1.96 bits per heavy atom. The number of aryl methyl sites for hydroxylation is 1. The van der Waals surface area contributed by atoms with E-state index >= 15 is 0 Å². The van der Waals surface area contributed by atoms with E-state index in [0.29, 0.717) is 6.54 Å². The van der Waals surface area contributed by atoms with Crippen LogP contribution in [-0.2, 0) is 4.79 Å². The van der Waals surface area contributed by atoms with Crippen molar-refractivity contribution in [2.45, 2.75) is 26.8 Å². The van der Waals surface area contributed by atoms with Gasteiger partial charge in [0.2, 0.25) is 5.91 Å². The Bertz CT molecular complexity index is 891. The fraction of sp³-hybridized carbons (Fsp3) is 0.333. The maximum absolute atomic E-state index is 11.8. The molecule has 2 aliphatic heterocycles. The van der Waals surface area contributed by atoms with Crippen LogP contribution in [0.1, 0.15) is 25.0 Å². The zero-order valence-electron chi connectivity index (χ0n) is 15.4. The number of piperazine rings is 1. The number of fused-ring (bicyclic) bond motifs is 2. The number of amides is 1. The Morgan fingerprint density at radius 1 is 1.15 bits per heavy atom. The molecule has 1 unspecified atom stereocenters. The highest BCUT2D eigenvalue weighted by atomic mass is 16.5. The van der Waals surface area contributed by atoms with Crippen LogP contribution in [0.4, 0.5) is 5.69 Å². The molecule has 0 aromatic heterocycles. The predicted octanol–water partition coefficient (Wildman–Crippen LogP) is 3.73. The maximum atomic E-state index is 11.8. The SMILES string of the molecule is CC(=O)N1CCN(C2=Nc3ccc(C)cc3Oc3ccccc32)CC1C. The minimum absolute atomic E-state index is 0.129. The van der Waals surface area contributed by atoms with Crippen molar-refractivity contribution in [2.24, 2.45) is 4.99 Å². The molecule has 134 valence electrons. The normalized spacial score (nSPS) is 19.0. The molecular weight excluding hydrogens is 326 g/mol. The Morgan fingerprint density at radius 3 is 2.73 bits per heavy atom. The fourth-order valence-electron chi connectivity index (χ4n) is 3.69. The van der Waals surface area contributed by atoms with Crippen molar-refractivity contribution >= 4 is 17.4 Å². The van der Waals surface area contributed by atoms with Crippen molar-refractivity contribution in [3.05, 3.63) is 53.6 Å². The van der Waals surface area contributed by atoms with Gasteiger partial charge in [-0.3, -0.25) is 4.79 Å². The van der Waals surface area contributed by atoms with Gasteiger partial charge in [0.05, 0.1) is 5.56 Å². The number of ether oxygens (including phenoxy) is 1. The molecule has 0 saturated carbocycles. The summed E-state index contributed by atoms with van der Waals surface area (Å²) in [6.07, 6.45) is 0. The monoisotopic (exact) mass is 349 g/mol. The highest BCUT2D eigenvalue weighted by Gasteiger charge is 2.30. The number of benzene rings is 2. The van der Waals surface area contributed by atoms with E-state index < -0.39 is 0 Å². The summed E-state index contributed by atoms with van der Waals surface area (Å²) in [5, 5.41) is 0. The number of rotatable bonds is 0. The van der Waals surface area contributed by atoms with Crippen LogP contribution in [0.2, 0.25) is 0 Å². The first-order valence-corrected chi connectivity index (χ1v) is 9.01. The molecule has 0 spiro atoms. The average Bonchev–Trinajstić information content (AvgIpc) is 2.77. The average molecular weight is 349 g/mol. The minimum atomic E-state index is 0.129. The molecule has 2 aliphatic rings. The Balaban J connectivity index is 1.76. The van der Waals surface area contributed by atoms with Crippen molar-refractivity contribution < 1.29 is 9.53 Å². The van der Waals surface area contributed by atoms with Gasteiger partial charge in [-0.15, -0.1) is 0 Å². The van der Waals surface area contributed by atoms with E-state index in [9.17, 15) is 4.79 Å². The summed E-state index contributed by atoms with van der Waals surface area (Å²) in [5.74, 6) is 2.64. The van der Waals surface area contributed by atoms with Gasteiger partial charge in [0, 0.05) is 32.6 Å². The highest BCUT2D eigenvalue weighted by molar-refractivity contribution is 6.03. The second-order valence-corrected chi connectivity index (χ2v) is 7.01. The van der Waals surface area contributed by atoms with Crippen molar-refractivity contribution in [1.29, 1.82) is 0 Å². The number of amidine groups is 1. The largest absolute Gasteiger partial charge is 0.454 e. The Kier molecular flexibility index (Phi) is 4.15. The van der Waals surface area contributed by atoms with Crippen LogP contribution in [0.25, 0.3) is 0 Å². The first-order chi connectivity index (χ1) is 12.5. The lowest BCUT2D eigenvalue weighted by atomic mass is 10.1. The summed E-state index contributed by atoms with van der Waals surface area (Å²) in [6, 6.07) is 14.3. The third-order valence-corrected chi connectivity index (χ3v) is 5.02. The summed E-state index contributed by atoms with van der Waals surface area (Å²) in [5.41, 5.74) is 2.97. The standard InChI is InChI=1S/C21H23N3O2/c1-14-8-9-18-20(12-14)26-19-7-5-4-6-17(19)21(22-18)23-10-11-24(16(3)25)15(2)13-23/h4-9,12,15H,10-11,13H2,1-3H3. The smallest absolute Gasteiger partial charge is 0.219 e. The third kappa shape index (κ3) is 2.94. The zero-order valence-corrected chi connectivity index (χ0v) is 15.4. The number of aliphatic imine (C=N–C) groups is 1. The predicted molar refractivity (Wildman–Crippen MR) is 102 cm³/mol. The van der Waals surface area contributed by atoms with Gasteiger partial charge in [-0.2, -0.15) is 0 Å². The topological polar surface area (TPSA) is 45.1 Å².